The molecule has 26 heavy (non-hydrogen) atoms. The number of fused-ring (bicyclic) bond motifs is 1. The third-order valence-electron chi connectivity index (χ3n) is 3.97. The molecule has 0 aliphatic heterocycles. The van der Waals surface area contributed by atoms with E-state index in [0.717, 1.165) is 28.2 Å². The van der Waals surface area contributed by atoms with E-state index in [1.165, 1.54) is 0 Å². The van der Waals surface area contributed by atoms with E-state index in [9.17, 15) is 0 Å². The highest BCUT2D eigenvalue weighted by molar-refractivity contribution is 5.89. The molecule has 4 rings (SSSR count). The van der Waals surface area contributed by atoms with Crippen LogP contribution >= 0.6 is 0 Å². The van der Waals surface area contributed by atoms with Gasteiger partial charge >= 0.3 is 0 Å². The highest BCUT2D eigenvalue weighted by atomic mass is 16.5. The van der Waals surface area contributed by atoms with Gasteiger partial charge in [0.1, 0.15) is 11.6 Å². The normalized spacial score (nSPS) is 10.7. The third-order valence-corrected chi connectivity index (χ3v) is 3.97. The number of benzene rings is 2. The molecule has 2 aromatic carbocycles. The number of hydrogen-bond donors (Lipinski definition) is 2. The Bertz CT molecular complexity index is 1030. The predicted molar refractivity (Wildman–Crippen MR) is 102 cm³/mol. The van der Waals surface area contributed by atoms with Gasteiger partial charge in [-0.15, -0.1) is 0 Å². The van der Waals surface area contributed by atoms with Gasteiger partial charge in [-0.05, 0) is 36.4 Å². The van der Waals surface area contributed by atoms with Crippen LogP contribution in [0, 0.1) is 0 Å². The van der Waals surface area contributed by atoms with Gasteiger partial charge in [-0.2, -0.15) is 15.1 Å². The minimum atomic E-state index is 0.490. The summed E-state index contributed by atoms with van der Waals surface area (Å²) in [6.07, 6.45) is 1.76. The van der Waals surface area contributed by atoms with Crippen molar-refractivity contribution in [3.63, 3.8) is 0 Å². The van der Waals surface area contributed by atoms with Crippen LogP contribution in [0.1, 0.15) is 0 Å². The van der Waals surface area contributed by atoms with Crippen LogP contribution in [0.3, 0.4) is 0 Å². The first-order valence-electron chi connectivity index (χ1n) is 8.16. The van der Waals surface area contributed by atoms with Crippen molar-refractivity contribution in [2.24, 2.45) is 7.05 Å². The second-order valence-corrected chi connectivity index (χ2v) is 5.75. The molecule has 0 unspecified atom stereocenters. The summed E-state index contributed by atoms with van der Waals surface area (Å²) in [5.74, 6) is 1.99. The Morgan fingerprint density at radius 1 is 0.885 bits per heavy atom. The summed E-state index contributed by atoms with van der Waals surface area (Å²) >= 11 is 0. The van der Waals surface area contributed by atoms with E-state index in [-0.39, 0.29) is 0 Å². The van der Waals surface area contributed by atoms with E-state index in [0.29, 0.717) is 11.8 Å². The van der Waals surface area contributed by atoms with Gasteiger partial charge in [0, 0.05) is 18.4 Å². The van der Waals surface area contributed by atoms with Crippen molar-refractivity contribution in [1.29, 1.82) is 0 Å². The molecule has 0 aliphatic carbocycles. The van der Waals surface area contributed by atoms with Gasteiger partial charge in [0.25, 0.3) is 0 Å². The zero-order chi connectivity index (χ0) is 17.9. The van der Waals surface area contributed by atoms with Crippen molar-refractivity contribution in [1.82, 2.24) is 19.7 Å². The fourth-order valence-electron chi connectivity index (χ4n) is 2.63. The lowest BCUT2D eigenvalue weighted by atomic mass is 10.3. The van der Waals surface area contributed by atoms with Crippen molar-refractivity contribution in [3.05, 3.63) is 60.8 Å². The Kier molecular flexibility index (Phi) is 4.10. The van der Waals surface area contributed by atoms with E-state index < -0.39 is 0 Å². The van der Waals surface area contributed by atoms with Crippen molar-refractivity contribution >= 4 is 34.2 Å². The summed E-state index contributed by atoms with van der Waals surface area (Å²) in [7, 11) is 3.50. The number of ether oxygens (including phenoxy) is 1. The zero-order valence-electron chi connectivity index (χ0n) is 14.5. The molecule has 2 aromatic heterocycles. The van der Waals surface area contributed by atoms with Gasteiger partial charge in [-0.3, -0.25) is 4.68 Å². The number of hydrogen-bond acceptors (Lipinski definition) is 6. The lowest BCUT2D eigenvalue weighted by Crippen LogP contribution is -2.03. The molecule has 0 spiro atoms. The van der Waals surface area contributed by atoms with Gasteiger partial charge in [0.15, 0.2) is 5.65 Å². The molecule has 0 radical (unpaired) electrons. The summed E-state index contributed by atoms with van der Waals surface area (Å²) in [5, 5.41) is 11.7. The van der Waals surface area contributed by atoms with Gasteiger partial charge in [-0.25, -0.2) is 0 Å². The largest absolute Gasteiger partial charge is 0.497 e. The molecule has 0 atom stereocenters. The van der Waals surface area contributed by atoms with Gasteiger partial charge < -0.3 is 15.4 Å². The van der Waals surface area contributed by atoms with Crippen LogP contribution < -0.4 is 15.4 Å². The van der Waals surface area contributed by atoms with Crippen LogP contribution in [0.4, 0.5) is 23.1 Å². The quantitative estimate of drug-likeness (QED) is 0.571. The minimum Gasteiger partial charge on any atom is -0.497 e. The van der Waals surface area contributed by atoms with Gasteiger partial charge in [0.05, 0.1) is 18.7 Å². The highest BCUT2D eigenvalue weighted by Gasteiger charge is 2.12. The number of methoxy groups -OCH3 is 1. The lowest BCUT2D eigenvalue weighted by Gasteiger charge is -2.10. The Morgan fingerprint density at radius 3 is 2.35 bits per heavy atom. The first kappa shape index (κ1) is 15.9. The van der Waals surface area contributed by atoms with Crippen LogP contribution in [0.25, 0.3) is 11.0 Å². The minimum absolute atomic E-state index is 0.490. The Morgan fingerprint density at radius 2 is 1.62 bits per heavy atom. The summed E-state index contributed by atoms with van der Waals surface area (Å²) in [4.78, 5) is 9.21. The van der Waals surface area contributed by atoms with Crippen LogP contribution in [0.2, 0.25) is 0 Å². The molecule has 2 N–H and O–H groups in total. The second-order valence-electron chi connectivity index (χ2n) is 5.75. The summed E-state index contributed by atoms with van der Waals surface area (Å²) < 4.78 is 6.92. The third kappa shape index (κ3) is 3.14. The highest BCUT2D eigenvalue weighted by Crippen LogP contribution is 2.26. The van der Waals surface area contributed by atoms with E-state index >= 15 is 0 Å². The molecular formula is C19H18N6O. The molecule has 130 valence electrons. The Balaban J connectivity index is 1.71. The number of rotatable bonds is 5. The molecule has 0 saturated carbocycles. The number of anilines is 4. The molecule has 2 heterocycles. The molecule has 7 nitrogen and oxygen atoms in total. The second kappa shape index (κ2) is 6.72. The molecule has 0 fully saturated rings. The van der Waals surface area contributed by atoms with Crippen molar-refractivity contribution in [2.75, 3.05) is 17.7 Å². The maximum Gasteiger partial charge on any atom is 0.231 e. The number of aromatic nitrogens is 4. The monoisotopic (exact) mass is 346 g/mol. The van der Waals surface area contributed by atoms with Gasteiger partial charge in [-0.1, -0.05) is 18.2 Å². The molecule has 7 heteroatoms. The Labute approximate surface area is 150 Å². The van der Waals surface area contributed by atoms with Crippen molar-refractivity contribution < 1.29 is 4.74 Å². The molecule has 4 aromatic rings. The fourth-order valence-corrected chi connectivity index (χ4v) is 2.63. The lowest BCUT2D eigenvalue weighted by molar-refractivity contribution is 0.415. The number of aryl methyl sites for hydroxylation is 1. The standard InChI is InChI=1S/C19H18N6O/c1-25-18-16(12-20-25)17(21-13-6-4-3-5-7-13)23-19(24-18)22-14-8-10-15(26-2)11-9-14/h3-12H,1-2H3,(H2,21,22,23,24). The fraction of sp³-hybridized carbons (Fsp3) is 0.105. The van der Waals surface area contributed by atoms with E-state index in [2.05, 4.69) is 25.7 Å². The maximum absolute atomic E-state index is 5.19. The number of nitrogens with one attached hydrogen (secondary N) is 2. The van der Waals surface area contributed by atoms with Crippen LogP contribution in [-0.4, -0.2) is 26.9 Å². The smallest absolute Gasteiger partial charge is 0.231 e. The average molecular weight is 346 g/mol. The van der Waals surface area contributed by atoms with Crippen molar-refractivity contribution in [3.8, 4) is 5.75 Å². The summed E-state index contributed by atoms with van der Waals surface area (Å²) in [6, 6.07) is 17.5. The zero-order valence-corrected chi connectivity index (χ0v) is 14.5. The molecule has 0 amide bonds. The first-order chi connectivity index (χ1) is 12.7. The van der Waals surface area contributed by atoms with Crippen LogP contribution in [0.5, 0.6) is 5.75 Å². The summed E-state index contributed by atoms with van der Waals surface area (Å²) in [5.41, 5.74) is 2.57. The number of nitrogens with zero attached hydrogens (tertiary/aromatic N) is 4. The molecular weight excluding hydrogens is 328 g/mol. The van der Waals surface area contributed by atoms with Crippen LogP contribution in [0.15, 0.2) is 60.8 Å². The maximum atomic E-state index is 5.19. The first-order valence-corrected chi connectivity index (χ1v) is 8.16. The van der Waals surface area contributed by atoms with Gasteiger partial charge in [0.2, 0.25) is 5.95 Å². The average Bonchev–Trinajstić information content (AvgIpc) is 3.05. The predicted octanol–water partition coefficient (Wildman–Crippen LogP) is 3.86. The van der Waals surface area contributed by atoms with E-state index in [1.807, 2.05) is 61.6 Å². The van der Waals surface area contributed by atoms with E-state index in [1.54, 1.807) is 18.0 Å². The summed E-state index contributed by atoms with van der Waals surface area (Å²) in [6.45, 7) is 0. The molecule has 0 saturated heterocycles. The SMILES string of the molecule is COc1ccc(Nc2nc(Nc3ccccc3)c3cnn(C)c3n2)cc1. The topological polar surface area (TPSA) is 76.9 Å². The Hall–Kier alpha value is -3.61. The number of para-hydroxylation sites is 1. The van der Waals surface area contributed by atoms with E-state index in [4.69, 9.17) is 4.74 Å². The van der Waals surface area contributed by atoms with Crippen LogP contribution in [-0.2, 0) is 7.05 Å². The molecule has 0 bridgehead atoms. The van der Waals surface area contributed by atoms with Crippen molar-refractivity contribution in [2.45, 2.75) is 0 Å². The molecule has 0 aliphatic rings.